The van der Waals surface area contributed by atoms with E-state index in [1.807, 2.05) is 0 Å². The zero-order valence-electron chi connectivity index (χ0n) is 38.0. The monoisotopic (exact) mass is 765 g/mol. The lowest BCUT2D eigenvalue weighted by molar-refractivity contribution is 0.517. The number of benzene rings is 2. The van der Waals surface area contributed by atoms with Gasteiger partial charge >= 0.3 is 0 Å². The molecule has 0 saturated heterocycles. The molecule has 0 saturated carbocycles. The lowest BCUT2D eigenvalue weighted by atomic mass is 10.0. The molecular formula is C54H88N2. The molecule has 0 aliphatic rings. The van der Waals surface area contributed by atoms with Gasteiger partial charge in [-0.3, -0.25) is 4.99 Å². The molecule has 0 unspecified atom stereocenters. The van der Waals surface area contributed by atoms with Crippen LogP contribution < -0.4 is 0 Å². The molecule has 56 heavy (non-hydrogen) atoms. The summed E-state index contributed by atoms with van der Waals surface area (Å²) in [5, 5.41) is 0. The lowest BCUT2D eigenvalue weighted by Crippen LogP contribution is -2.12. The average molecular weight is 765 g/mol. The number of aryl methyl sites for hydroxylation is 4. The van der Waals surface area contributed by atoms with E-state index in [1.54, 1.807) is 0 Å². The topological polar surface area (TPSA) is 24.7 Å². The highest BCUT2D eigenvalue weighted by atomic mass is 14.8. The zero-order valence-corrected chi connectivity index (χ0v) is 38.0. The minimum Gasteiger partial charge on any atom is -0.251 e. The first kappa shape index (κ1) is 49.5. The second-order valence-electron chi connectivity index (χ2n) is 16.6. The number of rotatable bonds is 34. The fraction of sp³-hybridized carbons (Fsp3) is 0.704. The average Bonchev–Trinajstić information content (AvgIpc) is 3.22. The summed E-state index contributed by atoms with van der Waals surface area (Å²) in [6, 6.07) is 13.4. The van der Waals surface area contributed by atoms with Gasteiger partial charge < -0.3 is 0 Å². The van der Waals surface area contributed by atoms with Gasteiger partial charge in [-0.2, -0.15) is 0 Å². The minimum atomic E-state index is 0.853. The molecule has 0 bridgehead atoms. The van der Waals surface area contributed by atoms with Crippen LogP contribution in [0, 0.1) is 11.8 Å². The molecule has 0 aliphatic carbocycles. The van der Waals surface area contributed by atoms with Crippen molar-refractivity contribution in [3.63, 3.8) is 0 Å². The van der Waals surface area contributed by atoms with Crippen LogP contribution in [0.15, 0.2) is 46.4 Å². The van der Waals surface area contributed by atoms with E-state index in [0.717, 1.165) is 74.2 Å². The van der Waals surface area contributed by atoms with Gasteiger partial charge in [-0.15, -0.1) is 0 Å². The molecule has 0 radical (unpaired) electrons. The fourth-order valence-corrected chi connectivity index (χ4v) is 8.05. The van der Waals surface area contributed by atoms with Gasteiger partial charge in [-0.05, 0) is 97.4 Å². The Bertz CT molecular complexity index is 1380. The number of hydrogen-bond donors (Lipinski definition) is 0. The second kappa shape index (κ2) is 34.4. The molecule has 0 aliphatic heterocycles. The summed E-state index contributed by atoms with van der Waals surface area (Å²) in [5.41, 5.74) is 9.52. The number of hydrogen-bond acceptors (Lipinski definition) is 2. The van der Waals surface area contributed by atoms with Crippen molar-refractivity contribution in [2.24, 2.45) is 9.98 Å². The van der Waals surface area contributed by atoms with Gasteiger partial charge in [0.2, 0.25) is 0 Å². The maximum Gasteiger partial charge on any atom is 0.135 e. The fourth-order valence-electron chi connectivity index (χ4n) is 8.05. The Labute approximate surface area is 349 Å². The van der Waals surface area contributed by atoms with Crippen LogP contribution in [0.3, 0.4) is 0 Å². The van der Waals surface area contributed by atoms with Crippen LogP contribution >= 0.6 is 0 Å². The molecule has 0 heterocycles. The summed E-state index contributed by atoms with van der Waals surface area (Å²) in [5.74, 6) is 7.09. The van der Waals surface area contributed by atoms with Gasteiger partial charge in [-0.1, -0.05) is 214 Å². The van der Waals surface area contributed by atoms with Gasteiger partial charge in [0.25, 0.3) is 0 Å². The van der Waals surface area contributed by atoms with Gasteiger partial charge in [-0.25, -0.2) is 4.99 Å². The molecule has 0 N–H and O–H groups in total. The molecule has 0 spiro atoms. The highest BCUT2D eigenvalue weighted by molar-refractivity contribution is 6.49. The number of unbranched alkanes of at least 4 members (excludes halogenated alkanes) is 25. The minimum absolute atomic E-state index is 0.853. The van der Waals surface area contributed by atoms with Crippen molar-refractivity contribution in [1.29, 1.82) is 0 Å². The van der Waals surface area contributed by atoms with Crippen LogP contribution in [0.5, 0.6) is 0 Å². The molecular weight excluding hydrogens is 677 g/mol. The summed E-state index contributed by atoms with van der Waals surface area (Å²) < 4.78 is 0. The van der Waals surface area contributed by atoms with Crippen molar-refractivity contribution < 1.29 is 0 Å². The molecule has 2 heteroatoms. The quantitative estimate of drug-likeness (QED) is 0.0385. The summed E-state index contributed by atoms with van der Waals surface area (Å²) in [7, 11) is 0. The lowest BCUT2D eigenvalue weighted by Gasteiger charge is -2.10. The Morgan fingerprint density at radius 2 is 0.750 bits per heavy atom. The molecule has 0 atom stereocenters. The molecule has 0 fully saturated rings. The van der Waals surface area contributed by atoms with E-state index in [0.29, 0.717) is 0 Å². The molecule has 0 amide bonds. The first-order valence-electron chi connectivity index (χ1n) is 24.5. The Hall–Kier alpha value is -2.66. The van der Waals surface area contributed by atoms with Gasteiger partial charge in [0.05, 0.1) is 17.1 Å². The smallest absolute Gasteiger partial charge is 0.135 e. The van der Waals surface area contributed by atoms with Crippen LogP contribution in [-0.4, -0.2) is 11.4 Å². The van der Waals surface area contributed by atoms with E-state index in [2.05, 4.69) is 89.8 Å². The SMILES string of the molecule is CCCCCCCCCCCCCCCCCCCCCCCCCCC#CC(=Nc1ccc(CC)c(CC)c1)C(CCCC)=Nc1ccc(CC)c(CC)c1. The molecule has 2 rings (SSSR count). The predicted molar refractivity (Wildman–Crippen MR) is 253 cm³/mol. The van der Waals surface area contributed by atoms with Gasteiger partial charge in [0, 0.05) is 6.42 Å². The van der Waals surface area contributed by atoms with E-state index in [4.69, 9.17) is 9.98 Å². The van der Waals surface area contributed by atoms with E-state index in [-0.39, 0.29) is 0 Å². The predicted octanol–water partition coefficient (Wildman–Crippen LogP) is 17.7. The van der Waals surface area contributed by atoms with Gasteiger partial charge in [0.15, 0.2) is 0 Å². The third kappa shape index (κ3) is 22.9. The standard InChI is InChI=1S/C54H88N2/c1-7-13-15-16-17-18-19-20-21-22-23-24-25-26-27-28-29-30-31-32-33-34-35-36-37-38-40-54(56-52-44-42-48(10-4)50(12-6)46-52)53(39-14-8-2)55-51-43-41-47(9-3)49(11-5)45-51/h41-46H,7-37,39H2,1-6H3. The summed E-state index contributed by atoms with van der Waals surface area (Å²) in [4.78, 5) is 10.5. The van der Waals surface area contributed by atoms with E-state index in [1.165, 1.54) is 176 Å². The third-order valence-corrected chi connectivity index (χ3v) is 11.8. The highest BCUT2D eigenvalue weighted by Gasteiger charge is 2.11. The van der Waals surface area contributed by atoms with Crippen molar-refractivity contribution in [2.45, 2.75) is 247 Å². The molecule has 2 aromatic carbocycles. The zero-order chi connectivity index (χ0) is 40.3. The van der Waals surface area contributed by atoms with Crippen molar-refractivity contribution in [3.05, 3.63) is 58.7 Å². The largest absolute Gasteiger partial charge is 0.251 e. The van der Waals surface area contributed by atoms with Crippen LogP contribution in [0.1, 0.15) is 244 Å². The van der Waals surface area contributed by atoms with Crippen molar-refractivity contribution >= 4 is 22.8 Å². The number of nitrogens with zero attached hydrogens (tertiary/aromatic N) is 2. The normalized spacial score (nSPS) is 12.0. The summed E-state index contributed by atoms with van der Waals surface area (Å²) >= 11 is 0. The Morgan fingerprint density at radius 3 is 1.12 bits per heavy atom. The summed E-state index contributed by atoms with van der Waals surface area (Å²) in [6.45, 7) is 13.5. The first-order valence-corrected chi connectivity index (χ1v) is 24.5. The van der Waals surface area contributed by atoms with Crippen LogP contribution in [0.25, 0.3) is 0 Å². The maximum absolute atomic E-state index is 5.25. The highest BCUT2D eigenvalue weighted by Crippen LogP contribution is 2.24. The Balaban J connectivity index is 1.72. The Kier molecular flexibility index (Phi) is 30.4. The van der Waals surface area contributed by atoms with E-state index in [9.17, 15) is 0 Å². The second-order valence-corrected chi connectivity index (χ2v) is 16.6. The maximum atomic E-state index is 5.25. The van der Waals surface area contributed by atoms with E-state index < -0.39 is 0 Å². The van der Waals surface area contributed by atoms with Crippen molar-refractivity contribution in [3.8, 4) is 11.8 Å². The number of aliphatic imine (C=N–C) groups is 2. The Morgan fingerprint density at radius 1 is 0.393 bits per heavy atom. The molecule has 2 nitrogen and oxygen atoms in total. The van der Waals surface area contributed by atoms with Crippen molar-refractivity contribution in [2.75, 3.05) is 0 Å². The van der Waals surface area contributed by atoms with Crippen LogP contribution in [0.2, 0.25) is 0 Å². The van der Waals surface area contributed by atoms with E-state index >= 15 is 0 Å². The van der Waals surface area contributed by atoms with Gasteiger partial charge in [0.1, 0.15) is 5.71 Å². The summed E-state index contributed by atoms with van der Waals surface area (Å²) in [6.07, 6.45) is 42.3. The third-order valence-electron chi connectivity index (χ3n) is 11.8. The first-order chi connectivity index (χ1) is 27.6. The van der Waals surface area contributed by atoms with Crippen molar-refractivity contribution in [1.82, 2.24) is 0 Å². The molecule has 0 aromatic heterocycles. The molecule has 314 valence electrons. The van der Waals surface area contributed by atoms with Crippen LogP contribution in [0.4, 0.5) is 11.4 Å². The molecule has 2 aromatic rings. The van der Waals surface area contributed by atoms with Crippen LogP contribution in [-0.2, 0) is 25.7 Å².